The second kappa shape index (κ2) is 3.27. The van der Waals surface area contributed by atoms with Crippen LogP contribution in [0, 0.1) is 11.8 Å². The van der Waals surface area contributed by atoms with Crippen LogP contribution in [0.25, 0.3) is 0 Å². The molecule has 0 aromatic carbocycles. The van der Waals surface area contributed by atoms with E-state index in [1.54, 1.807) is 7.11 Å². The number of hydrogen-bond donors (Lipinski definition) is 1. The van der Waals surface area contributed by atoms with Gasteiger partial charge in [0.05, 0.1) is 12.0 Å². The van der Waals surface area contributed by atoms with E-state index >= 15 is 0 Å². The topological polar surface area (TPSA) is 55.8 Å². The Morgan fingerprint density at radius 2 is 2.23 bits per heavy atom. The molecule has 4 heteroatoms. The molecule has 4 nitrogen and oxygen atoms in total. The number of hydrogen-bond acceptors (Lipinski definition) is 3. The number of carbonyl (C=O) groups is 1. The molecule has 13 heavy (non-hydrogen) atoms. The Balaban J connectivity index is 2.04. The van der Waals surface area contributed by atoms with Gasteiger partial charge >= 0.3 is 5.97 Å². The summed E-state index contributed by atoms with van der Waals surface area (Å²) in [4.78, 5) is 10.8. The fraction of sp³-hybridized carbons (Fsp3) is 0.889. The van der Waals surface area contributed by atoms with Crippen molar-refractivity contribution in [3.8, 4) is 0 Å². The summed E-state index contributed by atoms with van der Waals surface area (Å²) in [5, 5.41) is 8.92. The summed E-state index contributed by atoms with van der Waals surface area (Å²) in [6.45, 7) is 0. The Bertz CT molecular complexity index is 216. The molecule has 0 radical (unpaired) electrons. The first-order valence-electron chi connectivity index (χ1n) is 4.61. The maximum atomic E-state index is 10.8. The first-order valence-corrected chi connectivity index (χ1v) is 4.61. The molecule has 74 valence electrons. The summed E-state index contributed by atoms with van der Waals surface area (Å²) < 4.78 is 10.6. The molecule has 2 aliphatic rings. The molecule has 2 fully saturated rings. The number of carboxylic acids is 1. The zero-order chi connectivity index (χ0) is 9.42. The van der Waals surface area contributed by atoms with Crippen molar-refractivity contribution in [2.24, 2.45) is 11.8 Å². The summed E-state index contributed by atoms with van der Waals surface area (Å²) >= 11 is 0. The summed E-state index contributed by atoms with van der Waals surface area (Å²) in [6.07, 6.45) is 2.18. The van der Waals surface area contributed by atoms with Crippen LogP contribution < -0.4 is 0 Å². The highest BCUT2D eigenvalue weighted by Crippen LogP contribution is 2.42. The first-order chi connectivity index (χ1) is 6.20. The molecule has 1 aliphatic heterocycles. The molecular weight excluding hydrogens is 172 g/mol. The van der Waals surface area contributed by atoms with E-state index in [-0.39, 0.29) is 24.2 Å². The van der Waals surface area contributed by atoms with Gasteiger partial charge in [-0.15, -0.1) is 0 Å². The SMILES string of the molecule is COC1CC2CC(CC2C(=O)O)O1. The molecule has 1 heterocycles. The van der Waals surface area contributed by atoms with E-state index in [4.69, 9.17) is 14.6 Å². The highest BCUT2D eigenvalue weighted by molar-refractivity contribution is 5.71. The van der Waals surface area contributed by atoms with Crippen molar-refractivity contribution in [1.82, 2.24) is 0 Å². The van der Waals surface area contributed by atoms with Crippen LogP contribution in [0.2, 0.25) is 0 Å². The van der Waals surface area contributed by atoms with E-state index in [0.29, 0.717) is 6.42 Å². The van der Waals surface area contributed by atoms with E-state index in [1.165, 1.54) is 0 Å². The number of carboxylic acid groups (broad SMARTS) is 1. The molecule has 1 N–H and O–H groups in total. The maximum Gasteiger partial charge on any atom is 0.306 e. The zero-order valence-corrected chi connectivity index (χ0v) is 7.60. The van der Waals surface area contributed by atoms with Crippen LogP contribution in [0.5, 0.6) is 0 Å². The molecule has 0 amide bonds. The van der Waals surface area contributed by atoms with E-state index < -0.39 is 5.97 Å². The van der Waals surface area contributed by atoms with Crippen LogP contribution in [0.4, 0.5) is 0 Å². The predicted molar refractivity (Wildman–Crippen MR) is 44.1 cm³/mol. The minimum atomic E-state index is -0.687. The quantitative estimate of drug-likeness (QED) is 0.694. The minimum Gasteiger partial charge on any atom is -0.481 e. The average molecular weight is 186 g/mol. The maximum absolute atomic E-state index is 10.8. The van der Waals surface area contributed by atoms with Crippen molar-refractivity contribution in [2.75, 3.05) is 7.11 Å². The van der Waals surface area contributed by atoms with Crippen molar-refractivity contribution in [3.63, 3.8) is 0 Å². The normalized spacial score (nSPS) is 43.5. The van der Waals surface area contributed by atoms with Gasteiger partial charge < -0.3 is 14.6 Å². The van der Waals surface area contributed by atoms with E-state index in [1.807, 2.05) is 0 Å². The highest BCUT2D eigenvalue weighted by atomic mass is 16.7. The van der Waals surface area contributed by atoms with Crippen LogP contribution in [0.15, 0.2) is 0 Å². The lowest BCUT2D eigenvalue weighted by Crippen LogP contribution is -2.29. The number of aliphatic carboxylic acids is 1. The van der Waals surface area contributed by atoms with Gasteiger partial charge in [-0.25, -0.2) is 0 Å². The fourth-order valence-electron chi connectivity index (χ4n) is 2.42. The van der Waals surface area contributed by atoms with Crippen LogP contribution in [-0.4, -0.2) is 30.6 Å². The van der Waals surface area contributed by atoms with Crippen LogP contribution in [0.1, 0.15) is 19.3 Å². The molecule has 2 rings (SSSR count). The monoisotopic (exact) mass is 186 g/mol. The number of ether oxygens (including phenoxy) is 2. The Morgan fingerprint density at radius 1 is 1.46 bits per heavy atom. The van der Waals surface area contributed by atoms with E-state index in [0.717, 1.165) is 12.8 Å². The highest BCUT2D eigenvalue weighted by Gasteiger charge is 2.44. The Kier molecular flexibility index (Phi) is 2.26. The van der Waals surface area contributed by atoms with Crippen LogP contribution in [-0.2, 0) is 14.3 Å². The number of rotatable bonds is 2. The molecule has 4 unspecified atom stereocenters. The van der Waals surface area contributed by atoms with Gasteiger partial charge in [0.1, 0.15) is 0 Å². The summed E-state index contributed by atoms with van der Waals surface area (Å²) in [5.41, 5.74) is 0. The molecule has 4 atom stereocenters. The Hall–Kier alpha value is -0.610. The number of methoxy groups -OCH3 is 1. The van der Waals surface area contributed by atoms with Crippen molar-refractivity contribution in [3.05, 3.63) is 0 Å². The summed E-state index contributed by atoms with van der Waals surface area (Å²) in [5.74, 6) is -0.654. The molecule has 1 saturated heterocycles. The van der Waals surface area contributed by atoms with Gasteiger partial charge in [-0.05, 0) is 18.8 Å². The van der Waals surface area contributed by atoms with Crippen molar-refractivity contribution in [2.45, 2.75) is 31.7 Å². The van der Waals surface area contributed by atoms with E-state index in [2.05, 4.69) is 0 Å². The van der Waals surface area contributed by atoms with Crippen molar-refractivity contribution < 1.29 is 19.4 Å². The number of fused-ring (bicyclic) bond motifs is 2. The average Bonchev–Trinajstić information content (AvgIpc) is 2.41. The lowest BCUT2D eigenvalue weighted by Gasteiger charge is -2.27. The molecule has 0 aromatic heterocycles. The van der Waals surface area contributed by atoms with Gasteiger partial charge in [-0.3, -0.25) is 4.79 Å². The Morgan fingerprint density at radius 3 is 2.85 bits per heavy atom. The van der Waals surface area contributed by atoms with Crippen LogP contribution >= 0.6 is 0 Å². The van der Waals surface area contributed by atoms with Crippen molar-refractivity contribution >= 4 is 5.97 Å². The first kappa shape index (κ1) is 8.97. The van der Waals surface area contributed by atoms with Gasteiger partial charge in [-0.2, -0.15) is 0 Å². The predicted octanol–water partition coefficient (Wildman–Crippen LogP) is 0.859. The fourth-order valence-corrected chi connectivity index (χ4v) is 2.42. The minimum absolute atomic E-state index is 0.102. The lowest BCUT2D eigenvalue weighted by molar-refractivity contribution is -0.177. The smallest absolute Gasteiger partial charge is 0.306 e. The molecule has 0 spiro atoms. The van der Waals surface area contributed by atoms with Crippen molar-refractivity contribution in [1.29, 1.82) is 0 Å². The largest absolute Gasteiger partial charge is 0.481 e. The standard InChI is InChI=1S/C9H14O4/c1-12-8-3-5-2-6(13-8)4-7(5)9(10)11/h5-8H,2-4H2,1H3,(H,10,11). The molecular formula is C9H14O4. The second-order valence-electron chi connectivity index (χ2n) is 3.84. The Labute approximate surface area is 76.8 Å². The zero-order valence-electron chi connectivity index (χ0n) is 7.60. The van der Waals surface area contributed by atoms with Gasteiger partial charge in [0.2, 0.25) is 0 Å². The van der Waals surface area contributed by atoms with Gasteiger partial charge in [0.15, 0.2) is 6.29 Å². The second-order valence-corrected chi connectivity index (χ2v) is 3.84. The lowest BCUT2D eigenvalue weighted by atomic mass is 9.92. The molecule has 2 bridgehead atoms. The third-order valence-electron chi connectivity index (χ3n) is 3.07. The van der Waals surface area contributed by atoms with Crippen LogP contribution in [0.3, 0.4) is 0 Å². The molecule has 0 aromatic rings. The molecule has 1 saturated carbocycles. The van der Waals surface area contributed by atoms with Gasteiger partial charge in [0.25, 0.3) is 0 Å². The summed E-state index contributed by atoms with van der Waals surface area (Å²) in [6, 6.07) is 0. The van der Waals surface area contributed by atoms with E-state index in [9.17, 15) is 4.79 Å². The van der Waals surface area contributed by atoms with Gasteiger partial charge in [-0.1, -0.05) is 0 Å². The third-order valence-corrected chi connectivity index (χ3v) is 3.07. The van der Waals surface area contributed by atoms with Gasteiger partial charge in [0, 0.05) is 13.5 Å². The molecule has 1 aliphatic carbocycles. The third kappa shape index (κ3) is 1.56. The summed E-state index contributed by atoms with van der Waals surface area (Å²) in [7, 11) is 1.60.